The molecule has 0 saturated carbocycles. The first-order valence-corrected chi connectivity index (χ1v) is 38.4. The lowest BCUT2D eigenvalue weighted by molar-refractivity contribution is -0.870. The summed E-state index contributed by atoms with van der Waals surface area (Å²) in [6.07, 6.45) is 88.7. The summed E-state index contributed by atoms with van der Waals surface area (Å²) in [5, 5.41) is 3.04. The van der Waals surface area contributed by atoms with Gasteiger partial charge in [0, 0.05) is 12.8 Å². The minimum Gasteiger partial charge on any atom is -0.756 e. The number of ether oxygens (including phenoxy) is 1. The van der Waals surface area contributed by atoms with Gasteiger partial charge < -0.3 is 28.5 Å². The van der Waals surface area contributed by atoms with Gasteiger partial charge in [0.05, 0.1) is 33.8 Å². The lowest BCUT2D eigenvalue weighted by Gasteiger charge is -2.30. The Labute approximate surface area is 539 Å². The molecule has 3 unspecified atom stereocenters. The van der Waals surface area contributed by atoms with Crippen molar-refractivity contribution in [2.75, 3.05) is 40.9 Å². The number of quaternary nitrogens is 1. The Kier molecular flexibility index (Phi) is 64.0. The molecule has 0 aromatic rings. The monoisotopic (exact) mass is 1240 g/mol. The van der Waals surface area contributed by atoms with Crippen molar-refractivity contribution in [1.82, 2.24) is 5.32 Å². The number of carbonyl (C=O) groups is 2. The van der Waals surface area contributed by atoms with Crippen LogP contribution in [0.2, 0.25) is 0 Å². The van der Waals surface area contributed by atoms with Gasteiger partial charge in [0.2, 0.25) is 5.91 Å². The molecule has 0 radical (unpaired) electrons. The van der Waals surface area contributed by atoms with Crippen LogP contribution in [0.5, 0.6) is 0 Å². The van der Waals surface area contributed by atoms with Crippen molar-refractivity contribution in [3.05, 3.63) is 85.1 Å². The molecule has 1 amide bonds. The average molecular weight is 1240 g/mol. The maximum absolute atomic E-state index is 13.6. The van der Waals surface area contributed by atoms with Crippen LogP contribution in [0.3, 0.4) is 0 Å². The second-order valence-corrected chi connectivity index (χ2v) is 27.5. The van der Waals surface area contributed by atoms with E-state index in [0.29, 0.717) is 23.9 Å². The first-order valence-electron chi connectivity index (χ1n) is 36.9. The lowest BCUT2D eigenvalue weighted by Crippen LogP contribution is -2.47. The van der Waals surface area contributed by atoms with Crippen molar-refractivity contribution in [2.45, 2.75) is 354 Å². The Morgan fingerprint density at radius 2 is 0.736 bits per heavy atom. The summed E-state index contributed by atoms with van der Waals surface area (Å²) >= 11 is 0. The highest BCUT2D eigenvalue weighted by atomic mass is 31.2. The minimum absolute atomic E-state index is 0.0310. The number of nitrogens with one attached hydrogen (secondary N) is 1. The van der Waals surface area contributed by atoms with Crippen molar-refractivity contribution in [3.63, 3.8) is 0 Å². The van der Waals surface area contributed by atoms with Crippen LogP contribution in [0.15, 0.2) is 85.1 Å². The average Bonchev–Trinajstić information content (AvgIpc) is 3.70. The number of hydrogen-bond donors (Lipinski definition) is 1. The molecule has 0 heterocycles. The zero-order valence-corrected chi connectivity index (χ0v) is 58.9. The molecule has 0 saturated heterocycles. The third-order valence-corrected chi connectivity index (χ3v) is 17.3. The molecule has 9 nitrogen and oxygen atoms in total. The van der Waals surface area contributed by atoms with Crippen LogP contribution in [0.25, 0.3) is 0 Å². The van der Waals surface area contributed by atoms with E-state index in [1.54, 1.807) is 0 Å². The Bertz CT molecular complexity index is 1760. The SMILES string of the molecule is CC/C=C\C/C=C\C/C=C\C/C=C\C/C=C\C/C=C\CCCCC(=O)OC(/C=C/CCCCCCCCCCCCC)C(COP(=O)([O-])OCC[N+](C)(C)C)NC(=O)CCCCCCCCCCCCCCCCCCCCCCCCCCCCC. The Balaban J connectivity index is 5.09. The van der Waals surface area contributed by atoms with E-state index in [9.17, 15) is 19.0 Å². The topological polar surface area (TPSA) is 114 Å². The highest BCUT2D eigenvalue weighted by Crippen LogP contribution is 2.38. The number of allylic oxidation sites excluding steroid dienone is 13. The number of carbonyl (C=O) groups excluding carboxylic acids is 2. The third kappa shape index (κ3) is 67.4. The summed E-state index contributed by atoms with van der Waals surface area (Å²) in [6.45, 7) is 6.75. The van der Waals surface area contributed by atoms with E-state index in [1.165, 1.54) is 212 Å². The summed E-state index contributed by atoms with van der Waals surface area (Å²) in [5.74, 6) is -0.581. The number of amides is 1. The molecule has 0 aliphatic rings. The highest BCUT2D eigenvalue weighted by molar-refractivity contribution is 7.45. The van der Waals surface area contributed by atoms with E-state index in [1.807, 2.05) is 33.3 Å². The van der Waals surface area contributed by atoms with Crippen LogP contribution < -0.4 is 10.2 Å². The zero-order valence-electron chi connectivity index (χ0n) is 58.0. The van der Waals surface area contributed by atoms with Gasteiger partial charge in [-0.2, -0.15) is 0 Å². The molecular weight excluding hydrogens is 1100 g/mol. The second-order valence-electron chi connectivity index (χ2n) is 26.1. The van der Waals surface area contributed by atoms with Gasteiger partial charge in [-0.1, -0.05) is 331 Å². The van der Waals surface area contributed by atoms with Gasteiger partial charge in [0.1, 0.15) is 19.3 Å². The third-order valence-electron chi connectivity index (χ3n) is 16.3. The van der Waals surface area contributed by atoms with Crippen molar-refractivity contribution in [2.24, 2.45) is 0 Å². The summed E-state index contributed by atoms with van der Waals surface area (Å²) in [5.41, 5.74) is 0. The molecule has 0 aliphatic carbocycles. The molecular formula is C77H141N2O7P. The van der Waals surface area contributed by atoms with Crippen molar-refractivity contribution in [1.29, 1.82) is 0 Å². The number of phosphoric acid groups is 1. The number of esters is 1. The van der Waals surface area contributed by atoms with E-state index >= 15 is 0 Å². The first kappa shape index (κ1) is 84.2. The summed E-state index contributed by atoms with van der Waals surface area (Å²) < 4.78 is 30.4. The van der Waals surface area contributed by atoms with Crippen LogP contribution in [-0.4, -0.2) is 69.4 Å². The van der Waals surface area contributed by atoms with Gasteiger partial charge >= 0.3 is 5.97 Å². The smallest absolute Gasteiger partial charge is 0.306 e. The molecule has 0 bridgehead atoms. The van der Waals surface area contributed by atoms with Crippen molar-refractivity contribution >= 4 is 19.7 Å². The van der Waals surface area contributed by atoms with E-state index in [0.717, 1.165) is 89.9 Å². The van der Waals surface area contributed by atoms with Crippen LogP contribution in [-0.2, 0) is 27.9 Å². The van der Waals surface area contributed by atoms with Gasteiger partial charge in [-0.15, -0.1) is 0 Å². The van der Waals surface area contributed by atoms with Gasteiger partial charge in [0.15, 0.2) is 0 Å². The number of unbranched alkanes of at least 4 members (excludes halogenated alkanes) is 39. The molecule has 10 heteroatoms. The fraction of sp³-hybridized carbons (Fsp3) is 0.792. The predicted molar refractivity (Wildman–Crippen MR) is 376 cm³/mol. The minimum atomic E-state index is -4.72. The highest BCUT2D eigenvalue weighted by Gasteiger charge is 2.27. The molecule has 0 fully saturated rings. The van der Waals surface area contributed by atoms with Gasteiger partial charge in [-0.3, -0.25) is 14.2 Å². The van der Waals surface area contributed by atoms with Crippen LogP contribution in [0.4, 0.5) is 0 Å². The van der Waals surface area contributed by atoms with Crippen LogP contribution in [0, 0.1) is 0 Å². The maximum atomic E-state index is 13.6. The van der Waals surface area contributed by atoms with Crippen molar-refractivity contribution in [3.8, 4) is 0 Å². The number of nitrogens with zero attached hydrogens (tertiary/aromatic N) is 1. The molecule has 0 aromatic carbocycles. The van der Waals surface area contributed by atoms with E-state index in [-0.39, 0.29) is 24.9 Å². The summed E-state index contributed by atoms with van der Waals surface area (Å²) in [7, 11) is 1.16. The number of phosphoric ester groups is 1. The van der Waals surface area contributed by atoms with E-state index < -0.39 is 26.6 Å². The first-order chi connectivity index (χ1) is 42.4. The number of rotatable bonds is 67. The molecule has 0 aliphatic heterocycles. The lowest BCUT2D eigenvalue weighted by atomic mass is 10.0. The van der Waals surface area contributed by atoms with E-state index in [2.05, 4.69) is 99.0 Å². The van der Waals surface area contributed by atoms with Crippen LogP contribution in [0.1, 0.15) is 342 Å². The van der Waals surface area contributed by atoms with Gasteiger partial charge in [-0.05, 0) is 83.1 Å². The van der Waals surface area contributed by atoms with Gasteiger partial charge in [-0.25, -0.2) is 0 Å². The van der Waals surface area contributed by atoms with Crippen LogP contribution >= 0.6 is 7.82 Å². The largest absolute Gasteiger partial charge is 0.756 e. The number of hydrogen-bond acceptors (Lipinski definition) is 7. The molecule has 87 heavy (non-hydrogen) atoms. The normalized spacial score (nSPS) is 14.0. The molecule has 0 spiro atoms. The standard InChI is InChI=1S/C77H141N2O7P/c1-7-10-13-16-19-22-25-28-30-32-34-36-37-38-39-40-41-43-44-46-48-51-54-57-60-63-66-69-76(80)78-74(73-85-87(82,83)84-72-71-79(4,5)6)75(68-65-62-59-56-53-50-27-24-21-18-15-12-9-3)86-77(81)70-67-64-61-58-55-52-49-47-45-42-35-33-31-29-26-23-20-17-14-11-8-2/h11,14,20,23,29,31,35,42,47,49,55,58,65,68,74-75H,7-10,12-13,15-19,21-22,24-28,30,32-34,36-41,43-46,48,50-54,56-57,59-64,66-67,69-73H2,1-6H3,(H-,78,80,82,83)/b14-11-,23-20-,31-29-,42-35-,49-47-,58-55-,68-65+. The number of likely N-dealkylation sites (N-methyl/N-ethyl adjacent to an activating group) is 1. The second kappa shape index (κ2) is 66.1. The molecule has 1 N–H and O–H groups in total. The summed E-state index contributed by atoms with van der Waals surface area (Å²) in [6, 6.07) is -0.910. The Morgan fingerprint density at radius 3 is 1.11 bits per heavy atom. The fourth-order valence-corrected chi connectivity index (χ4v) is 11.4. The Morgan fingerprint density at radius 1 is 0.414 bits per heavy atom. The summed E-state index contributed by atoms with van der Waals surface area (Å²) in [4.78, 5) is 40.2. The zero-order chi connectivity index (χ0) is 63.5. The van der Waals surface area contributed by atoms with Crippen molar-refractivity contribution < 1.29 is 37.3 Å². The quantitative estimate of drug-likeness (QED) is 0.0212. The Hall–Kier alpha value is -2.81. The van der Waals surface area contributed by atoms with Gasteiger partial charge in [0.25, 0.3) is 7.82 Å². The molecule has 0 aromatic heterocycles. The maximum Gasteiger partial charge on any atom is 0.306 e. The van der Waals surface area contributed by atoms with E-state index in [4.69, 9.17) is 13.8 Å². The molecule has 0 rings (SSSR count). The molecule has 506 valence electrons. The predicted octanol–water partition coefficient (Wildman–Crippen LogP) is 23.0. The fourth-order valence-electron chi connectivity index (χ4n) is 10.7. The molecule has 3 atom stereocenters.